The van der Waals surface area contributed by atoms with Crippen LogP contribution in [0.25, 0.3) is 0 Å². The van der Waals surface area contributed by atoms with Crippen LogP contribution in [0.4, 0.5) is 5.69 Å². The second-order valence-corrected chi connectivity index (χ2v) is 6.61. The van der Waals surface area contributed by atoms with Crippen LogP contribution >= 0.6 is 0 Å². The average Bonchev–Trinajstić information content (AvgIpc) is 3.00. The van der Waals surface area contributed by atoms with Crippen LogP contribution in [0.15, 0.2) is 30.3 Å². The normalized spacial score (nSPS) is 14.7. The minimum Gasteiger partial charge on any atom is -0.379 e. The molecule has 8 nitrogen and oxygen atoms in total. The molecule has 2 aromatic rings. The summed E-state index contributed by atoms with van der Waals surface area (Å²) in [7, 11) is 1.77. The summed E-state index contributed by atoms with van der Waals surface area (Å²) in [5.74, 6) is -0.644. The van der Waals surface area contributed by atoms with Crippen LogP contribution in [-0.2, 0) is 23.1 Å². The van der Waals surface area contributed by atoms with Gasteiger partial charge in [-0.2, -0.15) is 5.10 Å². The number of aryl methyl sites for hydroxylation is 2. The van der Waals surface area contributed by atoms with Crippen LogP contribution in [0.3, 0.4) is 0 Å². The molecule has 1 saturated heterocycles. The summed E-state index contributed by atoms with van der Waals surface area (Å²) >= 11 is 0. The fourth-order valence-corrected chi connectivity index (χ4v) is 2.89. The van der Waals surface area contributed by atoms with E-state index in [0.29, 0.717) is 11.4 Å². The largest absolute Gasteiger partial charge is 0.379 e. The van der Waals surface area contributed by atoms with Crippen LogP contribution in [-0.4, -0.2) is 59.3 Å². The van der Waals surface area contributed by atoms with Crippen molar-refractivity contribution in [1.82, 2.24) is 20.0 Å². The number of amides is 2. The van der Waals surface area contributed by atoms with Crippen LogP contribution in [0, 0.1) is 6.92 Å². The van der Waals surface area contributed by atoms with E-state index in [4.69, 9.17) is 4.74 Å². The second-order valence-electron chi connectivity index (χ2n) is 6.61. The molecule has 144 valence electrons. The van der Waals surface area contributed by atoms with Crippen molar-refractivity contribution in [2.75, 3.05) is 38.2 Å². The van der Waals surface area contributed by atoms with Crippen molar-refractivity contribution in [3.63, 3.8) is 0 Å². The summed E-state index contributed by atoms with van der Waals surface area (Å²) in [6, 6.07) is 9.43. The Bertz CT molecular complexity index is 792. The van der Waals surface area contributed by atoms with Gasteiger partial charge in [0, 0.05) is 38.1 Å². The first-order valence-electron chi connectivity index (χ1n) is 8.99. The Hall–Kier alpha value is -2.71. The summed E-state index contributed by atoms with van der Waals surface area (Å²) in [5.41, 5.74) is 3.02. The third-order valence-corrected chi connectivity index (χ3v) is 4.48. The van der Waals surface area contributed by atoms with E-state index in [1.165, 1.54) is 0 Å². The van der Waals surface area contributed by atoms with Crippen molar-refractivity contribution in [1.29, 1.82) is 0 Å². The SMILES string of the molecule is Cc1cc(C(=O)NCC(=O)Nc2cccc(CN3CCOCC3)c2)nn1C. The lowest BCUT2D eigenvalue weighted by atomic mass is 10.2. The highest BCUT2D eigenvalue weighted by molar-refractivity contribution is 5.98. The third kappa shape index (κ3) is 5.38. The number of anilines is 1. The predicted octanol–water partition coefficient (Wildman–Crippen LogP) is 0.929. The fraction of sp³-hybridized carbons (Fsp3) is 0.421. The predicted molar refractivity (Wildman–Crippen MR) is 101 cm³/mol. The van der Waals surface area contributed by atoms with Gasteiger partial charge in [-0.15, -0.1) is 0 Å². The first kappa shape index (κ1) is 19.1. The molecule has 1 aliphatic rings. The molecule has 8 heteroatoms. The first-order chi connectivity index (χ1) is 13.0. The summed E-state index contributed by atoms with van der Waals surface area (Å²) in [4.78, 5) is 26.5. The number of ether oxygens (including phenoxy) is 1. The number of carbonyl (C=O) groups excluding carboxylic acids is 2. The zero-order valence-electron chi connectivity index (χ0n) is 15.7. The van der Waals surface area contributed by atoms with Crippen LogP contribution in [0.2, 0.25) is 0 Å². The molecule has 0 spiro atoms. The standard InChI is InChI=1S/C19H25N5O3/c1-14-10-17(22-23(14)2)19(26)20-12-18(25)21-16-5-3-4-15(11-16)13-24-6-8-27-9-7-24/h3-5,10-11H,6-9,12-13H2,1-2H3,(H,20,26)(H,21,25). The topological polar surface area (TPSA) is 88.5 Å². The molecular formula is C19H25N5O3. The first-order valence-corrected chi connectivity index (χ1v) is 8.99. The minimum atomic E-state index is -0.366. The maximum Gasteiger partial charge on any atom is 0.272 e. The molecule has 27 heavy (non-hydrogen) atoms. The molecular weight excluding hydrogens is 346 g/mol. The lowest BCUT2D eigenvalue weighted by Crippen LogP contribution is -2.35. The van der Waals surface area contributed by atoms with Crippen molar-refractivity contribution < 1.29 is 14.3 Å². The Morgan fingerprint density at radius 2 is 2.00 bits per heavy atom. The molecule has 2 amide bonds. The van der Waals surface area contributed by atoms with E-state index in [0.717, 1.165) is 44.1 Å². The number of aromatic nitrogens is 2. The maximum absolute atomic E-state index is 12.1. The Balaban J connectivity index is 1.50. The molecule has 2 heterocycles. The second kappa shape index (κ2) is 8.79. The Morgan fingerprint density at radius 1 is 1.22 bits per heavy atom. The molecule has 0 saturated carbocycles. The third-order valence-electron chi connectivity index (χ3n) is 4.48. The van der Waals surface area contributed by atoms with Crippen molar-refractivity contribution in [3.8, 4) is 0 Å². The zero-order chi connectivity index (χ0) is 19.2. The number of rotatable bonds is 6. The number of hydrogen-bond donors (Lipinski definition) is 2. The van der Waals surface area contributed by atoms with Gasteiger partial charge in [0.05, 0.1) is 19.8 Å². The number of nitrogens with one attached hydrogen (secondary N) is 2. The van der Waals surface area contributed by atoms with Crippen LogP contribution < -0.4 is 10.6 Å². The summed E-state index contributed by atoms with van der Waals surface area (Å²) in [6.45, 7) is 5.91. The van der Waals surface area contributed by atoms with Crippen molar-refractivity contribution in [2.45, 2.75) is 13.5 Å². The zero-order valence-corrected chi connectivity index (χ0v) is 15.7. The number of carbonyl (C=O) groups is 2. The molecule has 1 aromatic heterocycles. The van der Waals surface area contributed by atoms with Gasteiger partial charge in [0.25, 0.3) is 5.91 Å². The van der Waals surface area contributed by atoms with Crippen LogP contribution in [0.5, 0.6) is 0 Å². The number of hydrogen-bond acceptors (Lipinski definition) is 5. The van der Waals surface area contributed by atoms with E-state index in [1.807, 2.05) is 31.2 Å². The highest BCUT2D eigenvalue weighted by Gasteiger charge is 2.13. The molecule has 0 bridgehead atoms. The van der Waals surface area contributed by atoms with Gasteiger partial charge in [-0.1, -0.05) is 12.1 Å². The summed E-state index contributed by atoms with van der Waals surface area (Å²) in [6.07, 6.45) is 0. The number of morpholine rings is 1. The average molecular weight is 371 g/mol. The quantitative estimate of drug-likeness (QED) is 0.789. The van der Waals surface area contributed by atoms with Gasteiger partial charge in [-0.05, 0) is 30.7 Å². The molecule has 1 aliphatic heterocycles. The molecule has 0 radical (unpaired) electrons. The van der Waals surface area contributed by atoms with E-state index >= 15 is 0 Å². The van der Waals surface area contributed by atoms with E-state index in [2.05, 4.69) is 20.6 Å². The molecule has 2 N–H and O–H groups in total. The van der Waals surface area contributed by atoms with Crippen molar-refractivity contribution >= 4 is 17.5 Å². The Kier molecular flexibility index (Phi) is 6.20. The molecule has 0 aliphatic carbocycles. The van der Waals surface area contributed by atoms with Crippen molar-refractivity contribution in [3.05, 3.63) is 47.3 Å². The van der Waals surface area contributed by atoms with Crippen molar-refractivity contribution in [2.24, 2.45) is 7.05 Å². The Morgan fingerprint density at radius 3 is 2.70 bits per heavy atom. The minimum absolute atomic E-state index is 0.109. The number of benzene rings is 1. The van der Waals surface area contributed by atoms with E-state index < -0.39 is 0 Å². The highest BCUT2D eigenvalue weighted by Crippen LogP contribution is 2.13. The molecule has 1 fully saturated rings. The summed E-state index contributed by atoms with van der Waals surface area (Å²) in [5, 5.41) is 9.51. The Labute approximate surface area is 158 Å². The summed E-state index contributed by atoms with van der Waals surface area (Å²) < 4.78 is 6.98. The van der Waals surface area contributed by atoms with Gasteiger partial charge in [0.15, 0.2) is 0 Å². The molecule has 0 atom stereocenters. The highest BCUT2D eigenvalue weighted by atomic mass is 16.5. The molecule has 0 unspecified atom stereocenters. The van der Waals surface area contributed by atoms with E-state index in [-0.39, 0.29) is 18.4 Å². The monoisotopic (exact) mass is 371 g/mol. The van der Waals surface area contributed by atoms with Gasteiger partial charge in [-0.25, -0.2) is 0 Å². The molecule has 3 rings (SSSR count). The van der Waals surface area contributed by atoms with Crippen LogP contribution in [0.1, 0.15) is 21.7 Å². The molecule has 1 aromatic carbocycles. The number of nitrogens with zero attached hydrogens (tertiary/aromatic N) is 3. The van der Waals surface area contributed by atoms with Gasteiger partial charge >= 0.3 is 0 Å². The smallest absolute Gasteiger partial charge is 0.272 e. The lowest BCUT2D eigenvalue weighted by Gasteiger charge is -2.26. The fourth-order valence-electron chi connectivity index (χ4n) is 2.89. The maximum atomic E-state index is 12.1. The van der Waals surface area contributed by atoms with E-state index in [9.17, 15) is 9.59 Å². The lowest BCUT2D eigenvalue weighted by molar-refractivity contribution is -0.115. The van der Waals surface area contributed by atoms with Gasteiger partial charge in [0.1, 0.15) is 5.69 Å². The van der Waals surface area contributed by atoms with Gasteiger partial charge in [-0.3, -0.25) is 19.2 Å². The van der Waals surface area contributed by atoms with Gasteiger partial charge < -0.3 is 15.4 Å². The van der Waals surface area contributed by atoms with Gasteiger partial charge in [0.2, 0.25) is 5.91 Å². The van der Waals surface area contributed by atoms with E-state index in [1.54, 1.807) is 17.8 Å².